The quantitative estimate of drug-likeness (QED) is 0.148. The summed E-state index contributed by atoms with van der Waals surface area (Å²) in [4.78, 5) is 2.35. The summed E-state index contributed by atoms with van der Waals surface area (Å²) in [6.45, 7) is 4.72. The molecule has 0 saturated heterocycles. The van der Waals surface area contributed by atoms with Gasteiger partial charge in [-0.25, -0.2) is 0 Å². The zero-order valence-electron chi connectivity index (χ0n) is 36.5. The van der Waals surface area contributed by atoms with Gasteiger partial charge >= 0.3 is 0 Å². The Balaban J connectivity index is 0.956. The fourth-order valence-electron chi connectivity index (χ4n) is 10.2. The van der Waals surface area contributed by atoms with Gasteiger partial charge in [0.1, 0.15) is 0 Å². The molecule has 0 spiro atoms. The zero-order chi connectivity index (χ0) is 43.5. The lowest BCUT2D eigenvalue weighted by Gasteiger charge is -2.26. The highest BCUT2D eigenvalue weighted by molar-refractivity contribution is 6.12. The van der Waals surface area contributed by atoms with E-state index in [1.807, 2.05) is 0 Å². The van der Waals surface area contributed by atoms with Crippen molar-refractivity contribution in [1.29, 1.82) is 0 Å². The molecule has 0 bridgehead atoms. The van der Waals surface area contributed by atoms with Crippen LogP contribution in [0.15, 0.2) is 243 Å². The highest BCUT2D eigenvalue weighted by Gasteiger charge is 2.35. The van der Waals surface area contributed by atoms with Crippen LogP contribution in [0.1, 0.15) is 25.0 Å². The van der Waals surface area contributed by atoms with Gasteiger partial charge in [0.05, 0.1) is 11.0 Å². The van der Waals surface area contributed by atoms with Gasteiger partial charge in [-0.05, 0) is 140 Å². The largest absolute Gasteiger partial charge is 0.311 e. The van der Waals surface area contributed by atoms with Crippen molar-refractivity contribution in [3.8, 4) is 61.3 Å². The lowest BCUT2D eigenvalue weighted by atomic mass is 9.82. The van der Waals surface area contributed by atoms with Crippen LogP contribution in [0, 0.1) is 0 Å². The summed E-state index contributed by atoms with van der Waals surface area (Å²) in [7, 11) is 0. The van der Waals surface area contributed by atoms with Crippen molar-refractivity contribution in [2.45, 2.75) is 19.3 Å². The Kier molecular flexibility index (Phi) is 9.21. The van der Waals surface area contributed by atoms with E-state index in [4.69, 9.17) is 0 Å². The predicted molar refractivity (Wildman–Crippen MR) is 275 cm³/mol. The van der Waals surface area contributed by atoms with E-state index in [-0.39, 0.29) is 5.41 Å². The van der Waals surface area contributed by atoms with Crippen molar-refractivity contribution in [2.75, 3.05) is 4.90 Å². The monoisotopic (exact) mass is 830 g/mol. The molecule has 12 rings (SSSR count). The minimum atomic E-state index is -0.0900. The summed E-state index contributed by atoms with van der Waals surface area (Å²) in [5.74, 6) is 0. The first kappa shape index (κ1) is 38.5. The van der Waals surface area contributed by atoms with Crippen molar-refractivity contribution in [3.05, 3.63) is 254 Å². The Morgan fingerprint density at radius 1 is 0.308 bits per heavy atom. The molecule has 0 saturated carbocycles. The average molecular weight is 831 g/mol. The van der Waals surface area contributed by atoms with Crippen molar-refractivity contribution in [1.82, 2.24) is 4.57 Å². The lowest BCUT2D eigenvalue weighted by Crippen LogP contribution is -2.15. The number of benzene rings is 10. The normalized spacial score (nSPS) is 12.6. The molecule has 0 unspecified atom stereocenters. The number of hydrogen-bond donors (Lipinski definition) is 0. The van der Waals surface area contributed by atoms with Crippen molar-refractivity contribution >= 4 is 38.9 Å². The maximum absolute atomic E-state index is 2.47. The van der Waals surface area contributed by atoms with E-state index in [9.17, 15) is 0 Å². The van der Waals surface area contributed by atoms with Gasteiger partial charge in [0.25, 0.3) is 0 Å². The summed E-state index contributed by atoms with van der Waals surface area (Å²) in [5, 5.41) is 2.48. The molecule has 10 aromatic carbocycles. The van der Waals surface area contributed by atoms with Gasteiger partial charge in [0.2, 0.25) is 0 Å². The molecule has 1 aliphatic rings. The SMILES string of the molecule is CC1(C)c2ccccc2-c2ccc(-n3c4ccc(-c5ccccc5)cc4c4cc(-c5ccc(N(c6ccc(-c7ccccc7)cc6)c6ccc(-c7ccccc7)cc6)cc5)ccc43)cc21. The molecule has 2 heteroatoms. The van der Waals surface area contributed by atoms with Gasteiger partial charge in [0, 0.05) is 38.9 Å². The molecule has 65 heavy (non-hydrogen) atoms. The van der Waals surface area contributed by atoms with Crippen LogP contribution in [0.4, 0.5) is 17.1 Å². The van der Waals surface area contributed by atoms with E-state index < -0.39 is 0 Å². The molecular weight excluding hydrogens is 785 g/mol. The van der Waals surface area contributed by atoms with Crippen molar-refractivity contribution < 1.29 is 0 Å². The number of anilines is 3. The Hall–Kier alpha value is -8.20. The van der Waals surface area contributed by atoms with Crippen LogP contribution in [0.3, 0.4) is 0 Å². The minimum Gasteiger partial charge on any atom is -0.311 e. The van der Waals surface area contributed by atoms with E-state index in [0.717, 1.165) is 17.1 Å². The predicted octanol–water partition coefficient (Wildman–Crippen LogP) is 17.2. The fourth-order valence-corrected chi connectivity index (χ4v) is 10.2. The van der Waals surface area contributed by atoms with Crippen LogP contribution >= 0.6 is 0 Å². The van der Waals surface area contributed by atoms with Gasteiger partial charge in [-0.15, -0.1) is 0 Å². The summed E-state index contributed by atoms with van der Waals surface area (Å²) in [6.07, 6.45) is 0. The van der Waals surface area contributed by atoms with Gasteiger partial charge < -0.3 is 9.47 Å². The van der Waals surface area contributed by atoms with Crippen LogP contribution < -0.4 is 4.90 Å². The van der Waals surface area contributed by atoms with Crippen LogP contribution in [-0.2, 0) is 5.41 Å². The van der Waals surface area contributed by atoms with Gasteiger partial charge in [0.15, 0.2) is 0 Å². The number of hydrogen-bond acceptors (Lipinski definition) is 1. The minimum absolute atomic E-state index is 0.0900. The third kappa shape index (κ3) is 6.65. The molecule has 1 heterocycles. The van der Waals surface area contributed by atoms with Gasteiger partial charge in [-0.2, -0.15) is 0 Å². The Morgan fingerprint density at radius 3 is 1.15 bits per heavy atom. The molecule has 0 amide bonds. The zero-order valence-corrected chi connectivity index (χ0v) is 36.5. The number of nitrogens with zero attached hydrogens (tertiary/aromatic N) is 2. The van der Waals surface area contributed by atoms with E-state index in [1.165, 1.54) is 94.3 Å². The summed E-state index contributed by atoms with van der Waals surface area (Å²) >= 11 is 0. The first-order valence-electron chi connectivity index (χ1n) is 22.6. The second-order valence-electron chi connectivity index (χ2n) is 17.8. The molecule has 0 N–H and O–H groups in total. The molecule has 0 radical (unpaired) electrons. The maximum atomic E-state index is 2.47. The van der Waals surface area contributed by atoms with Crippen LogP contribution in [0.2, 0.25) is 0 Å². The molecule has 308 valence electrons. The van der Waals surface area contributed by atoms with Gasteiger partial charge in [-0.3, -0.25) is 0 Å². The second-order valence-corrected chi connectivity index (χ2v) is 17.8. The number of rotatable bonds is 8. The number of aromatic nitrogens is 1. The molecule has 2 nitrogen and oxygen atoms in total. The second kappa shape index (κ2) is 15.6. The average Bonchev–Trinajstić information content (AvgIpc) is 3.82. The van der Waals surface area contributed by atoms with E-state index >= 15 is 0 Å². The summed E-state index contributed by atoms with van der Waals surface area (Å²) < 4.78 is 2.47. The van der Waals surface area contributed by atoms with Crippen molar-refractivity contribution in [3.63, 3.8) is 0 Å². The molecule has 0 fully saturated rings. The first-order valence-corrected chi connectivity index (χ1v) is 22.6. The van der Waals surface area contributed by atoms with E-state index in [1.54, 1.807) is 0 Å². The topological polar surface area (TPSA) is 8.17 Å². The van der Waals surface area contributed by atoms with Crippen LogP contribution in [-0.4, -0.2) is 4.57 Å². The summed E-state index contributed by atoms with van der Waals surface area (Å²) in [6, 6.07) is 88.7. The fraction of sp³-hybridized carbons (Fsp3) is 0.0476. The highest BCUT2D eigenvalue weighted by atomic mass is 15.1. The molecule has 0 aliphatic heterocycles. The third-order valence-electron chi connectivity index (χ3n) is 13.6. The van der Waals surface area contributed by atoms with Gasteiger partial charge in [-0.1, -0.05) is 184 Å². The Labute approximate surface area is 381 Å². The molecule has 1 aromatic heterocycles. The number of fused-ring (bicyclic) bond motifs is 6. The Bertz CT molecular complexity index is 3430. The van der Waals surface area contributed by atoms with E-state index in [0.29, 0.717) is 0 Å². The standard InChI is InChI=1S/C63H46N2/c1-63(2)59-21-13-12-20-55(59)56-37-36-54(42-60(56)63)65-61-38-28-49(45-18-10-5-11-19-45)40-57(61)58-41-50(29-39-62(58)65)48-26-34-53(35-27-48)64(51-30-22-46(23-31-51)43-14-6-3-7-15-43)52-32-24-47(25-33-52)44-16-8-4-9-17-44/h3-42H,1-2H3. The maximum Gasteiger partial charge on any atom is 0.0541 e. The van der Waals surface area contributed by atoms with Crippen LogP contribution in [0.25, 0.3) is 83.1 Å². The smallest absolute Gasteiger partial charge is 0.0541 e. The Morgan fingerprint density at radius 2 is 0.677 bits per heavy atom. The lowest BCUT2D eigenvalue weighted by molar-refractivity contribution is 0.660. The van der Waals surface area contributed by atoms with Crippen LogP contribution in [0.5, 0.6) is 0 Å². The third-order valence-corrected chi connectivity index (χ3v) is 13.6. The molecule has 0 atom stereocenters. The first-order chi connectivity index (χ1) is 32.0. The molecule has 1 aliphatic carbocycles. The summed E-state index contributed by atoms with van der Waals surface area (Å²) in [5.41, 5.74) is 21.8. The molecule has 11 aromatic rings. The van der Waals surface area contributed by atoms with E-state index in [2.05, 4.69) is 266 Å². The highest BCUT2D eigenvalue weighted by Crippen LogP contribution is 2.50. The molecular formula is C63H46N2. The van der Waals surface area contributed by atoms with Crippen molar-refractivity contribution in [2.24, 2.45) is 0 Å².